The van der Waals surface area contributed by atoms with Crippen LogP contribution in [0.2, 0.25) is 0 Å². The standard InChI is InChI=1S/C29H43N3O3.ClH/c1-3-5-17-32-27(33)26(21-23-9-7-6-8-10-23)30-28(34)29(32)15-18-31(19-16-29)22-24-11-13-25(14-12-24)35-20-4-2;/h4,11-14,23,26H,2-3,5-10,15-22H2,1H3,(H,30,34);1H. The van der Waals surface area contributed by atoms with Crippen molar-refractivity contribution >= 4 is 24.2 Å². The lowest BCUT2D eigenvalue weighted by molar-refractivity contribution is -0.162. The van der Waals surface area contributed by atoms with Crippen molar-refractivity contribution in [1.82, 2.24) is 15.1 Å². The van der Waals surface area contributed by atoms with Crippen molar-refractivity contribution < 1.29 is 14.3 Å². The number of hydrogen-bond acceptors (Lipinski definition) is 4. The highest BCUT2D eigenvalue weighted by Crippen LogP contribution is 2.36. The van der Waals surface area contributed by atoms with Crippen LogP contribution >= 0.6 is 12.4 Å². The van der Waals surface area contributed by atoms with Crippen LogP contribution in [0.1, 0.15) is 76.7 Å². The summed E-state index contributed by atoms with van der Waals surface area (Å²) in [6, 6.07) is 7.85. The highest BCUT2D eigenvalue weighted by Gasteiger charge is 2.53. The zero-order valence-electron chi connectivity index (χ0n) is 21.9. The maximum atomic E-state index is 13.7. The van der Waals surface area contributed by atoms with Crippen molar-refractivity contribution in [1.29, 1.82) is 0 Å². The van der Waals surface area contributed by atoms with E-state index in [9.17, 15) is 9.59 Å². The number of carbonyl (C=O) groups excluding carboxylic acids is 2. The van der Waals surface area contributed by atoms with Crippen LogP contribution in [0.15, 0.2) is 36.9 Å². The number of ether oxygens (including phenoxy) is 1. The van der Waals surface area contributed by atoms with Gasteiger partial charge in [0, 0.05) is 26.2 Å². The van der Waals surface area contributed by atoms with Gasteiger partial charge in [-0.05, 0) is 49.3 Å². The molecule has 1 atom stereocenters. The number of nitrogens with zero attached hydrogens (tertiary/aromatic N) is 2. The second-order valence-electron chi connectivity index (χ2n) is 10.7. The number of piperidine rings is 1. The molecule has 3 fully saturated rings. The Balaban J connectivity index is 0.00000361. The Labute approximate surface area is 223 Å². The van der Waals surface area contributed by atoms with Crippen LogP contribution in [-0.2, 0) is 16.1 Å². The van der Waals surface area contributed by atoms with Gasteiger partial charge in [-0.15, -0.1) is 12.4 Å². The van der Waals surface area contributed by atoms with Crippen molar-refractivity contribution in [3.8, 4) is 5.75 Å². The van der Waals surface area contributed by atoms with E-state index in [-0.39, 0.29) is 30.3 Å². The molecule has 1 aromatic carbocycles. The number of halogens is 1. The largest absolute Gasteiger partial charge is 0.490 e. The smallest absolute Gasteiger partial charge is 0.246 e. The van der Waals surface area contributed by atoms with Crippen LogP contribution in [0.4, 0.5) is 0 Å². The predicted octanol–water partition coefficient (Wildman–Crippen LogP) is 5.11. The topological polar surface area (TPSA) is 61.9 Å². The van der Waals surface area contributed by atoms with Crippen LogP contribution in [0, 0.1) is 5.92 Å². The molecule has 2 amide bonds. The van der Waals surface area contributed by atoms with E-state index in [1.54, 1.807) is 6.08 Å². The zero-order chi connectivity index (χ0) is 24.7. The average molecular weight is 518 g/mol. The third-order valence-electron chi connectivity index (χ3n) is 8.22. The zero-order valence-corrected chi connectivity index (χ0v) is 22.7. The molecule has 0 radical (unpaired) electrons. The monoisotopic (exact) mass is 517 g/mol. The number of hydrogen-bond donors (Lipinski definition) is 1. The molecule has 36 heavy (non-hydrogen) atoms. The van der Waals surface area contributed by atoms with E-state index in [4.69, 9.17) is 4.74 Å². The molecule has 1 N–H and O–H groups in total. The highest BCUT2D eigenvalue weighted by molar-refractivity contribution is 6.00. The molecular weight excluding hydrogens is 474 g/mol. The summed E-state index contributed by atoms with van der Waals surface area (Å²) in [7, 11) is 0. The van der Waals surface area contributed by atoms with E-state index in [1.165, 1.54) is 37.7 Å². The minimum atomic E-state index is -0.686. The summed E-state index contributed by atoms with van der Waals surface area (Å²) in [5, 5.41) is 3.20. The van der Waals surface area contributed by atoms with Crippen LogP contribution in [0.25, 0.3) is 0 Å². The third-order valence-corrected chi connectivity index (χ3v) is 8.22. The first-order chi connectivity index (χ1) is 17.1. The molecule has 3 aliphatic rings. The van der Waals surface area contributed by atoms with Crippen molar-refractivity contribution in [3.05, 3.63) is 42.5 Å². The van der Waals surface area contributed by atoms with E-state index >= 15 is 0 Å². The number of piperazine rings is 1. The molecule has 0 aromatic heterocycles. The fraction of sp³-hybridized carbons (Fsp3) is 0.655. The maximum absolute atomic E-state index is 13.7. The first-order valence-corrected chi connectivity index (χ1v) is 13.7. The third kappa shape index (κ3) is 6.63. The van der Waals surface area contributed by atoms with Crippen molar-refractivity contribution in [2.45, 2.75) is 89.3 Å². The minimum absolute atomic E-state index is 0. The molecule has 6 nitrogen and oxygen atoms in total. The number of amides is 2. The van der Waals surface area contributed by atoms with Gasteiger partial charge in [0.05, 0.1) is 0 Å². The number of benzene rings is 1. The van der Waals surface area contributed by atoms with E-state index in [2.05, 4.69) is 35.9 Å². The molecule has 1 spiro atoms. The van der Waals surface area contributed by atoms with Gasteiger partial charge < -0.3 is 15.0 Å². The van der Waals surface area contributed by atoms with Gasteiger partial charge in [-0.3, -0.25) is 14.5 Å². The van der Waals surface area contributed by atoms with Crippen LogP contribution in [0.5, 0.6) is 5.75 Å². The number of unbranched alkanes of at least 4 members (excludes halogenated alkanes) is 1. The number of nitrogens with one attached hydrogen (secondary N) is 1. The predicted molar refractivity (Wildman–Crippen MR) is 146 cm³/mol. The van der Waals surface area contributed by atoms with Gasteiger partial charge in [0.15, 0.2) is 0 Å². The molecule has 0 bridgehead atoms. The molecule has 2 aliphatic heterocycles. The van der Waals surface area contributed by atoms with Crippen LogP contribution < -0.4 is 10.1 Å². The minimum Gasteiger partial charge on any atom is -0.490 e. The molecule has 1 saturated carbocycles. The van der Waals surface area contributed by atoms with Crippen LogP contribution in [-0.4, -0.2) is 59.4 Å². The molecule has 2 saturated heterocycles. The quantitative estimate of drug-likeness (QED) is 0.438. The number of likely N-dealkylation sites (tertiary alicyclic amines) is 1. The van der Waals surface area contributed by atoms with E-state index in [1.807, 2.05) is 17.0 Å². The van der Waals surface area contributed by atoms with E-state index in [0.29, 0.717) is 31.9 Å². The van der Waals surface area contributed by atoms with Gasteiger partial charge in [0.2, 0.25) is 11.8 Å². The van der Waals surface area contributed by atoms with Crippen LogP contribution in [0.3, 0.4) is 0 Å². The van der Waals surface area contributed by atoms with Gasteiger partial charge in [-0.1, -0.05) is 70.2 Å². The first kappa shape index (κ1) is 28.5. The van der Waals surface area contributed by atoms with Crippen molar-refractivity contribution in [2.75, 3.05) is 26.2 Å². The fourth-order valence-corrected chi connectivity index (χ4v) is 6.11. The number of carbonyl (C=O) groups is 2. The summed E-state index contributed by atoms with van der Waals surface area (Å²) >= 11 is 0. The Morgan fingerprint density at radius 1 is 1.11 bits per heavy atom. The average Bonchev–Trinajstić information content (AvgIpc) is 2.89. The summed E-state index contributed by atoms with van der Waals surface area (Å²) in [6.45, 7) is 9.49. The Bertz CT molecular complexity index is 861. The first-order valence-electron chi connectivity index (χ1n) is 13.7. The van der Waals surface area contributed by atoms with E-state index < -0.39 is 5.54 Å². The summed E-state index contributed by atoms with van der Waals surface area (Å²) in [4.78, 5) is 31.7. The summed E-state index contributed by atoms with van der Waals surface area (Å²) < 4.78 is 5.58. The SMILES string of the molecule is C=CCOc1ccc(CN2CCC3(CC2)C(=O)NC(CC2CCCCC2)C(=O)N3CCCC)cc1.Cl. The van der Waals surface area contributed by atoms with Gasteiger partial charge in [-0.2, -0.15) is 0 Å². The summed E-state index contributed by atoms with van der Waals surface area (Å²) in [5.41, 5.74) is 0.542. The van der Waals surface area contributed by atoms with Gasteiger partial charge in [0.1, 0.15) is 23.9 Å². The Hall–Kier alpha value is -2.05. The van der Waals surface area contributed by atoms with Crippen molar-refractivity contribution in [3.63, 3.8) is 0 Å². The summed E-state index contributed by atoms with van der Waals surface area (Å²) in [5.74, 6) is 1.65. The molecule has 7 heteroatoms. The molecule has 200 valence electrons. The Morgan fingerprint density at radius 3 is 2.44 bits per heavy atom. The molecule has 1 aliphatic carbocycles. The lowest BCUT2D eigenvalue weighted by atomic mass is 9.79. The molecule has 1 aromatic rings. The Morgan fingerprint density at radius 2 is 1.81 bits per heavy atom. The Kier molecular flexibility index (Phi) is 10.7. The second kappa shape index (κ2) is 13.5. The van der Waals surface area contributed by atoms with E-state index in [0.717, 1.165) is 44.6 Å². The normalized spacial score (nSPS) is 22.7. The molecule has 1 unspecified atom stereocenters. The summed E-state index contributed by atoms with van der Waals surface area (Å²) in [6.07, 6.45) is 12.1. The lowest BCUT2D eigenvalue weighted by Crippen LogP contribution is -2.73. The van der Waals surface area contributed by atoms with Gasteiger partial charge >= 0.3 is 0 Å². The molecule has 4 rings (SSSR count). The second-order valence-corrected chi connectivity index (χ2v) is 10.7. The van der Waals surface area contributed by atoms with Crippen molar-refractivity contribution in [2.24, 2.45) is 5.92 Å². The molecular formula is C29H44ClN3O3. The number of rotatable bonds is 10. The highest BCUT2D eigenvalue weighted by atomic mass is 35.5. The van der Waals surface area contributed by atoms with Gasteiger partial charge in [0.25, 0.3) is 0 Å². The maximum Gasteiger partial charge on any atom is 0.246 e. The van der Waals surface area contributed by atoms with Gasteiger partial charge in [-0.25, -0.2) is 0 Å². The lowest BCUT2D eigenvalue weighted by Gasteiger charge is -2.52. The fourth-order valence-electron chi connectivity index (χ4n) is 6.11. The molecule has 2 heterocycles.